The normalized spacial score (nSPS) is 36.8. The highest BCUT2D eigenvalue weighted by molar-refractivity contribution is 5.11. The summed E-state index contributed by atoms with van der Waals surface area (Å²) in [6.45, 7) is 4.31. The molecule has 1 heterocycles. The SMILES string of the molecule is CC1CCC(C)C(O)(c2cnnn2C)C1. The van der Waals surface area contributed by atoms with Gasteiger partial charge in [-0.2, -0.15) is 0 Å². The first-order chi connectivity index (χ1) is 7.04. The van der Waals surface area contributed by atoms with Crippen LogP contribution < -0.4 is 0 Å². The molecule has 0 bridgehead atoms. The maximum absolute atomic E-state index is 10.8. The minimum absolute atomic E-state index is 0.283. The van der Waals surface area contributed by atoms with Crippen molar-refractivity contribution in [2.75, 3.05) is 0 Å². The molecule has 3 atom stereocenters. The van der Waals surface area contributed by atoms with Gasteiger partial charge in [0.1, 0.15) is 5.60 Å². The number of aliphatic hydroxyl groups is 1. The van der Waals surface area contributed by atoms with E-state index in [0.717, 1.165) is 18.5 Å². The Morgan fingerprint density at radius 1 is 1.47 bits per heavy atom. The van der Waals surface area contributed by atoms with Crippen molar-refractivity contribution < 1.29 is 5.11 Å². The van der Waals surface area contributed by atoms with Gasteiger partial charge < -0.3 is 5.11 Å². The topological polar surface area (TPSA) is 50.9 Å². The van der Waals surface area contributed by atoms with Crippen LogP contribution in [-0.2, 0) is 12.6 Å². The molecular formula is C11H19N3O. The number of nitrogens with zero attached hydrogens (tertiary/aromatic N) is 3. The summed E-state index contributed by atoms with van der Waals surface area (Å²) in [5.74, 6) is 0.854. The molecule has 1 aliphatic rings. The molecule has 0 amide bonds. The van der Waals surface area contributed by atoms with Gasteiger partial charge in [-0.25, -0.2) is 4.68 Å². The molecular weight excluding hydrogens is 190 g/mol. The van der Waals surface area contributed by atoms with Crippen molar-refractivity contribution in [2.45, 2.75) is 38.7 Å². The van der Waals surface area contributed by atoms with E-state index in [9.17, 15) is 5.11 Å². The second kappa shape index (κ2) is 3.59. The van der Waals surface area contributed by atoms with E-state index in [1.54, 1.807) is 10.9 Å². The molecule has 1 N–H and O–H groups in total. The number of aryl methyl sites for hydroxylation is 1. The van der Waals surface area contributed by atoms with Crippen molar-refractivity contribution >= 4 is 0 Å². The van der Waals surface area contributed by atoms with E-state index in [0.29, 0.717) is 5.92 Å². The maximum atomic E-state index is 10.8. The first-order valence-corrected chi connectivity index (χ1v) is 5.61. The monoisotopic (exact) mass is 209 g/mol. The van der Waals surface area contributed by atoms with Crippen LogP contribution in [-0.4, -0.2) is 20.1 Å². The van der Waals surface area contributed by atoms with Crippen LogP contribution in [0.2, 0.25) is 0 Å². The third-order valence-electron chi connectivity index (χ3n) is 3.73. The van der Waals surface area contributed by atoms with Gasteiger partial charge in [-0.15, -0.1) is 5.10 Å². The van der Waals surface area contributed by atoms with Crippen LogP contribution in [0.25, 0.3) is 0 Å². The zero-order chi connectivity index (χ0) is 11.1. The van der Waals surface area contributed by atoms with Gasteiger partial charge in [0.2, 0.25) is 0 Å². The van der Waals surface area contributed by atoms with Gasteiger partial charge in [0, 0.05) is 7.05 Å². The molecule has 0 aliphatic heterocycles. The average Bonchev–Trinajstić information content (AvgIpc) is 2.59. The first-order valence-electron chi connectivity index (χ1n) is 5.61. The minimum Gasteiger partial charge on any atom is -0.383 e. The fourth-order valence-electron chi connectivity index (χ4n) is 2.65. The fraction of sp³-hybridized carbons (Fsp3) is 0.818. The lowest BCUT2D eigenvalue weighted by Crippen LogP contribution is -2.40. The van der Waals surface area contributed by atoms with E-state index in [2.05, 4.69) is 24.2 Å². The van der Waals surface area contributed by atoms with E-state index < -0.39 is 5.60 Å². The lowest BCUT2D eigenvalue weighted by Gasteiger charge is -2.40. The predicted octanol–water partition coefficient (Wildman–Crippen LogP) is 1.46. The standard InChI is InChI=1S/C11H19N3O/c1-8-4-5-9(2)11(15,6-8)10-7-12-13-14(10)3/h7-9,15H,4-6H2,1-3H3. The van der Waals surface area contributed by atoms with E-state index in [1.807, 2.05) is 7.05 Å². The average molecular weight is 209 g/mol. The highest BCUT2D eigenvalue weighted by Gasteiger charge is 2.42. The highest BCUT2D eigenvalue weighted by atomic mass is 16.3. The molecule has 84 valence electrons. The van der Waals surface area contributed by atoms with Gasteiger partial charge in [-0.3, -0.25) is 0 Å². The minimum atomic E-state index is -0.740. The van der Waals surface area contributed by atoms with Crippen molar-refractivity contribution in [1.29, 1.82) is 0 Å². The molecule has 0 spiro atoms. The van der Waals surface area contributed by atoms with Crippen LogP contribution in [0.4, 0.5) is 0 Å². The Morgan fingerprint density at radius 2 is 2.20 bits per heavy atom. The van der Waals surface area contributed by atoms with Crippen LogP contribution >= 0.6 is 0 Å². The largest absolute Gasteiger partial charge is 0.383 e. The third-order valence-corrected chi connectivity index (χ3v) is 3.73. The van der Waals surface area contributed by atoms with E-state index in [1.165, 1.54) is 6.42 Å². The van der Waals surface area contributed by atoms with Gasteiger partial charge in [0.15, 0.2) is 0 Å². The molecule has 4 nitrogen and oxygen atoms in total. The molecule has 1 saturated carbocycles. The Bertz CT molecular complexity index is 349. The van der Waals surface area contributed by atoms with Crippen molar-refractivity contribution in [2.24, 2.45) is 18.9 Å². The summed E-state index contributed by atoms with van der Waals surface area (Å²) in [5, 5.41) is 18.5. The molecule has 3 unspecified atom stereocenters. The molecule has 1 aromatic heterocycles. The Kier molecular flexibility index (Phi) is 2.54. The number of hydrogen-bond acceptors (Lipinski definition) is 3. The lowest BCUT2D eigenvalue weighted by molar-refractivity contribution is -0.0687. The Morgan fingerprint density at radius 3 is 2.80 bits per heavy atom. The van der Waals surface area contributed by atoms with Gasteiger partial charge in [-0.05, 0) is 24.7 Å². The van der Waals surface area contributed by atoms with Gasteiger partial charge in [-0.1, -0.05) is 25.5 Å². The van der Waals surface area contributed by atoms with E-state index in [4.69, 9.17) is 0 Å². The summed E-state index contributed by atoms with van der Waals surface area (Å²) in [7, 11) is 1.84. The quantitative estimate of drug-likeness (QED) is 0.761. The van der Waals surface area contributed by atoms with E-state index in [-0.39, 0.29) is 5.92 Å². The highest BCUT2D eigenvalue weighted by Crippen LogP contribution is 2.43. The van der Waals surface area contributed by atoms with Crippen LogP contribution in [0.5, 0.6) is 0 Å². The summed E-state index contributed by atoms with van der Waals surface area (Å²) in [5.41, 5.74) is 0.108. The molecule has 4 heteroatoms. The van der Waals surface area contributed by atoms with Gasteiger partial charge in [0.25, 0.3) is 0 Å². The van der Waals surface area contributed by atoms with Crippen LogP contribution in [0, 0.1) is 11.8 Å². The number of hydrogen-bond donors (Lipinski definition) is 1. The Labute approximate surface area is 90.3 Å². The molecule has 0 radical (unpaired) electrons. The van der Waals surface area contributed by atoms with E-state index >= 15 is 0 Å². The van der Waals surface area contributed by atoms with Crippen molar-refractivity contribution in [3.8, 4) is 0 Å². The predicted molar refractivity (Wildman–Crippen MR) is 57.1 cm³/mol. The molecule has 1 aromatic rings. The fourth-order valence-corrected chi connectivity index (χ4v) is 2.65. The Balaban J connectivity index is 2.35. The summed E-state index contributed by atoms with van der Waals surface area (Å²) in [4.78, 5) is 0. The third kappa shape index (κ3) is 1.67. The van der Waals surface area contributed by atoms with Crippen molar-refractivity contribution in [3.63, 3.8) is 0 Å². The second-order valence-electron chi connectivity index (χ2n) is 4.95. The summed E-state index contributed by atoms with van der Waals surface area (Å²) in [6, 6.07) is 0. The number of aromatic nitrogens is 3. The number of rotatable bonds is 1. The van der Waals surface area contributed by atoms with Crippen LogP contribution in [0.3, 0.4) is 0 Å². The molecule has 1 fully saturated rings. The van der Waals surface area contributed by atoms with Gasteiger partial charge in [0.05, 0.1) is 11.9 Å². The summed E-state index contributed by atoms with van der Waals surface area (Å²) >= 11 is 0. The van der Waals surface area contributed by atoms with Gasteiger partial charge >= 0.3 is 0 Å². The lowest BCUT2D eigenvalue weighted by atomic mass is 9.70. The molecule has 1 aliphatic carbocycles. The molecule has 0 saturated heterocycles. The maximum Gasteiger partial charge on any atom is 0.111 e. The molecule has 2 rings (SSSR count). The Hall–Kier alpha value is -0.900. The van der Waals surface area contributed by atoms with Crippen molar-refractivity contribution in [1.82, 2.24) is 15.0 Å². The zero-order valence-electron chi connectivity index (χ0n) is 9.64. The first kappa shape index (κ1) is 10.6. The summed E-state index contributed by atoms with van der Waals surface area (Å²) in [6.07, 6.45) is 4.78. The van der Waals surface area contributed by atoms with Crippen LogP contribution in [0.1, 0.15) is 38.8 Å². The molecule has 15 heavy (non-hydrogen) atoms. The van der Waals surface area contributed by atoms with Crippen molar-refractivity contribution in [3.05, 3.63) is 11.9 Å². The smallest absolute Gasteiger partial charge is 0.111 e. The van der Waals surface area contributed by atoms with Crippen LogP contribution in [0.15, 0.2) is 6.20 Å². The second-order valence-corrected chi connectivity index (χ2v) is 4.95. The summed E-state index contributed by atoms with van der Waals surface area (Å²) < 4.78 is 1.69. The zero-order valence-corrected chi connectivity index (χ0v) is 9.64. The molecule has 0 aromatic carbocycles.